The lowest BCUT2D eigenvalue weighted by molar-refractivity contribution is -0.121. The Morgan fingerprint density at radius 3 is 2.95 bits per heavy atom. The highest BCUT2D eigenvalue weighted by Gasteiger charge is 2.16. The molecule has 0 spiro atoms. The maximum Gasteiger partial charge on any atom is 0.442 e. The molecular weight excluding hydrogens is 258 g/mol. The quantitative estimate of drug-likeness (QED) is 0.828. The zero-order chi connectivity index (χ0) is 14.5. The van der Waals surface area contributed by atoms with Crippen LogP contribution in [0.5, 0.6) is 0 Å². The fourth-order valence-electron chi connectivity index (χ4n) is 1.81. The Morgan fingerprint density at radius 1 is 1.50 bits per heavy atom. The molecule has 1 amide bonds. The van der Waals surface area contributed by atoms with Crippen molar-refractivity contribution in [3.8, 4) is 11.4 Å². The van der Waals surface area contributed by atoms with Crippen molar-refractivity contribution in [3.63, 3.8) is 0 Å². The highest BCUT2D eigenvalue weighted by molar-refractivity contribution is 5.76. The van der Waals surface area contributed by atoms with E-state index in [-0.39, 0.29) is 12.5 Å². The molecule has 0 bridgehead atoms. The first-order valence-electron chi connectivity index (χ1n) is 6.13. The highest BCUT2D eigenvalue weighted by atomic mass is 16.5. The molecule has 0 radical (unpaired) electrons. The van der Waals surface area contributed by atoms with Crippen LogP contribution in [-0.4, -0.2) is 22.2 Å². The van der Waals surface area contributed by atoms with Crippen molar-refractivity contribution in [2.45, 2.75) is 13.5 Å². The molecular formula is C14H15N3O3. The van der Waals surface area contributed by atoms with E-state index >= 15 is 0 Å². The molecule has 6 nitrogen and oxygen atoms in total. The molecule has 2 rings (SSSR count). The summed E-state index contributed by atoms with van der Waals surface area (Å²) in [6, 6.07) is 7.45. The monoisotopic (exact) mass is 273 g/mol. The summed E-state index contributed by atoms with van der Waals surface area (Å²) in [6.45, 7) is 5.62. The highest BCUT2D eigenvalue weighted by Crippen LogP contribution is 2.19. The zero-order valence-electron chi connectivity index (χ0n) is 11.1. The molecule has 0 saturated carbocycles. The molecule has 0 aliphatic carbocycles. The first kappa shape index (κ1) is 13.8. The van der Waals surface area contributed by atoms with Crippen LogP contribution in [0.3, 0.4) is 0 Å². The van der Waals surface area contributed by atoms with Gasteiger partial charge in [0.05, 0.1) is 0 Å². The van der Waals surface area contributed by atoms with Gasteiger partial charge in [-0.3, -0.25) is 9.32 Å². The van der Waals surface area contributed by atoms with E-state index in [4.69, 9.17) is 0 Å². The van der Waals surface area contributed by atoms with Crippen molar-refractivity contribution in [1.82, 2.24) is 15.0 Å². The van der Waals surface area contributed by atoms with Crippen molar-refractivity contribution in [1.29, 1.82) is 0 Å². The number of aryl methyl sites for hydroxylation is 1. The first-order chi connectivity index (χ1) is 9.63. The molecule has 1 aromatic carbocycles. The van der Waals surface area contributed by atoms with Crippen molar-refractivity contribution in [2.75, 3.05) is 6.54 Å². The van der Waals surface area contributed by atoms with Gasteiger partial charge in [-0.15, -0.1) is 6.58 Å². The van der Waals surface area contributed by atoms with Crippen LogP contribution < -0.4 is 11.1 Å². The number of nitrogens with zero attached hydrogens (tertiary/aromatic N) is 2. The Balaban J connectivity index is 2.33. The topological polar surface area (TPSA) is 77.1 Å². The van der Waals surface area contributed by atoms with E-state index in [0.717, 1.165) is 11.1 Å². The van der Waals surface area contributed by atoms with E-state index in [9.17, 15) is 9.59 Å². The molecule has 1 N–H and O–H groups in total. The largest absolute Gasteiger partial charge is 0.442 e. The van der Waals surface area contributed by atoms with Gasteiger partial charge in [0.1, 0.15) is 6.54 Å². The van der Waals surface area contributed by atoms with Crippen LogP contribution in [0.4, 0.5) is 0 Å². The summed E-state index contributed by atoms with van der Waals surface area (Å²) in [5.74, 6) is -0.608. The standard InChI is InChI=1S/C14H15N3O3/c1-3-8-15-12(18)9-17-13(16-20-14(17)19)11-7-5-4-6-10(11)2/h3-7H,1,8-9H2,2H3,(H,15,18). The van der Waals surface area contributed by atoms with Gasteiger partial charge >= 0.3 is 5.76 Å². The second kappa shape index (κ2) is 6.01. The predicted molar refractivity (Wildman–Crippen MR) is 74.1 cm³/mol. The van der Waals surface area contributed by atoms with Crippen LogP contribution >= 0.6 is 0 Å². The van der Waals surface area contributed by atoms with E-state index in [1.807, 2.05) is 31.2 Å². The molecule has 0 atom stereocenters. The van der Waals surface area contributed by atoms with Gasteiger partial charge in [0, 0.05) is 12.1 Å². The van der Waals surface area contributed by atoms with Gasteiger partial charge < -0.3 is 5.32 Å². The molecule has 0 aliphatic rings. The molecule has 0 saturated heterocycles. The van der Waals surface area contributed by atoms with Gasteiger partial charge in [-0.2, -0.15) is 0 Å². The van der Waals surface area contributed by atoms with E-state index in [1.54, 1.807) is 6.08 Å². The Kier molecular flexibility index (Phi) is 4.14. The number of rotatable bonds is 5. The first-order valence-corrected chi connectivity index (χ1v) is 6.13. The predicted octanol–water partition coefficient (Wildman–Crippen LogP) is 1.11. The molecule has 0 unspecified atom stereocenters. The Morgan fingerprint density at radius 2 is 2.25 bits per heavy atom. The lowest BCUT2D eigenvalue weighted by atomic mass is 10.1. The Hall–Kier alpha value is -2.63. The molecule has 1 heterocycles. The van der Waals surface area contributed by atoms with Crippen LogP contribution in [-0.2, 0) is 11.3 Å². The molecule has 20 heavy (non-hydrogen) atoms. The van der Waals surface area contributed by atoms with Gasteiger partial charge in [-0.25, -0.2) is 9.36 Å². The smallest absolute Gasteiger partial charge is 0.351 e. The summed E-state index contributed by atoms with van der Waals surface area (Å²) in [4.78, 5) is 23.4. The van der Waals surface area contributed by atoms with Crippen LogP contribution in [0.15, 0.2) is 46.2 Å². The van der Waals surface area contributed by atoms with Crippen molar-refractivity contribution < 1.29 is 9.32 Å². The summed E-state index contributed by atoms with van der Waals surface area (Å²) in [7, 11) is 0. The summed E-state index contributed by atoms with van der Waals surface area (Å²) < 4.78 is 5.88. The number of amides is 1. The zero-order valence-corrected chi connectivity index (χ0v) is 11.1. The second-order valence-electron chi connectivity index (χ2n) is 4.27. The van der Waals surface area contributed by atoms with Crippen LogP contribution in [0.2, 0.25) is 0 Å². The minimum atomic E-state index is -0.656. The van der Waals surface area contributed by atoms with Gasteiger partial charge in [-0.1, -0.05) is 35.5 Å². The van der Waals surface area contributed by atoms with Crippen LogP contribution in [0.1, 0.15) is 5.56 Å². The number of benzene rings is 1. The molecule has 0 aliphatic heterocycles. The van der Waals surface area contributed by atoms with E-state index in [2.05, 4.69) is 21.6 Å². The average molecular weight is 273 g/mol. The maximum absolute atomic E-state index is 11.7. The van der Waals surface area contributed by atoms with Gasteiger partial charge in [0.15, 0.2) is 5.82 Å². The lowest BCUT2D eigenvalue weighted by Crippen LogP contribution is -2.31. The Labute approximate surface area is 115 Å². The fraction of sp³-hybridized carbons (Fsp3) is 0.214. The van der Waals surface area contributed by atoms with Gasteiger partial charge in [-0.05, 0) is 12.5 Å². The number of aromatic nitrogens is 2. The normalized spacial score (nSPS) is 10.2. The SMILES string of the molecule is C=CCNC(=O)Cn1c(-c2ccccc2C)noc1=O. The van der Waals surface area contributed by atoms with Crippen LogP contribution in [0.25, 0.3) is 11.4 Å². The summed E-state index contributed by atoms with van der Waals surface area (Å²) >= 11 is 0. The molecule has 6 heteroatoms. The number of carbonyl (C=O) groups excluding carboxylic acids is 1. The third-order valence-electron chi connectivity index (χ3n) is 2.82. The number of hydrogen-bond donors (Lipinski definition) is 1. The summed E-state index contributed by atoms with van der Waals surface area (Å²) in [5.41, 5.74) is 1.70. The minimum Gasteiger partial charge on any atom is -0.351 e. The van der Waals surface area contributed by atoms with Crippen LogP contribution in [0, 0.1) is 6.92 Å². The molecule has 2 aromatic rings. The van der Waals surface area contributed by atoms with E-state index in [0.29, 0.717) is 12.4 Å². The van der Waals surface area contributed by atoms with Gasteiger partial charge in [0.2, 0.25) is 5.91 Å². The minimum absolute atomic E-state index is 0.139. The number of nitrogens with one attached hydrogen (secondary N) is 1. The number of carbonyl (C=O) groups is 1. The summed E-state index contributed by atoms with van der Waals surface area (Å²) in [6.07, 6.45) is 1.57. The average Bonchev–Trinajstić information content (AvgIpc) is 2.79. The summed E-state index contributed by atoms with van der Waals surface area (Å²) in [5, 5.41) is 6.36. The molecule has 1 aromatic heterocycles. The van der Waals surface area contributed by atoms with Crippen molar-refractivity contribution >= 4 is 5.91 Å². The van der Waals surface area contributed by atoms with Gasteiger partial charge in [0.25, 0.3) is 0 Å². The van der Waals surface area contributed by atoms with Crippen molar-refractivity contribution in [3.05, 3.63) is 53.0 Å². The second-order valence-corrected chi connectivity index (χ2v) is 4.27. The lowest BCUT2D eigenvalue weighted by Gasteiger charge is -2.06. The van der Waals surface area contributed by atoms with E-state index in [1.165, 1.54) is 4.57 Å². The molecule has 0 fully saturated rings. The fourth-order valence-corrected chi connectivity index (χ4v) is 1.81. The Bertz CT molecular complexity index is 685. The third-order valence-corrected chi connectivity index (χ3v) is 2.82. The van der Waals surface area contributed by atoms with Crippen molar-refractivity contribution in [2.24, 2.45) is 0 Å². The van der Waals surface area contributed by atoms with E-state index < -0.39 is 5.76 Å². The third kappa shape index (κ3) is 2.85. The maximum atomic E-state index is 11.7. The molecule has 104 valence electrons. The number of hydrogen-bond acceptors (Lipinski definition) is 4.